The van der Waals surface area contributed by atoms with Gasteiger partial charge in [0.05, 0.1) is 0 Å². The maximum Gasteiger partial charge on any atom is 0.0432 e. The van der Waals surface area contributed by atoms with E-state index in [1.807, 2.05) is 0 Å². The smallest absolute Gasteiger partial charge is 0.0432 e. The summed E-state index contributed by atoms with van der Waals surface area (Å²) in [5, 5.41) is 3.53. The molecule has 0 saturated carbocycles. The zero-order valence-corrected chi connectivity index (χ0v) is 15.4. The first-order valence-corrected chi connectivity index (χ1v) is 9.03. The van der Waals surface area contributed by atoms with Gasteiger partial charge in [0.1, 0.15) is 0 Å². The van der Waals surface area contributed by atoms with Crippen molar-refractivity contribution in [2.75, 3.05) is 6.54 Å². The van der Waals surface area contributed by atoms with Crippen molar-refractivity contribution in [2.45, 2.75) is 38.9 Å². The van der Waals surface area contributed by atoms with Crippen molar-refractivity contribution in [3.05, 3.63) is 96.7 Å². The van der Waals surface area contributed by atoms with Gasteiger partial charge >= 0.3 is 0 Å². The van der Waals surface area contributed by atoms with E-state index in [-0.39, 0.29) is 0 Å². The van der Waals surface area contributed by atoms with E-state index in [4.69, 9.17) is 0 Å². The van der Waals surface area contributed by atoms with Gasteiger partial charge in [-0.3, -0.25) is 0 Å². The topological polar surface area (TPSA) is 15.3 Å². The van der Waals surface area contributed by atoms with Crippen LogP contribution in [0.2, 0.25) is 0 Å². The van der Waals surface area contributed by atoms with Crippen molar-refractivity contribution in [1.29, 1.82) is 0 Å². The van der Waals surface area contributed by atoms with E-state index in [1.165, 1.54) is 22.4 Å². The number of nitrogens with one attached hydrogen (secondary N) is 1. The molecular formula is C23H30N2. The molecule has 0 spiro atoms. The van der Waals surface area contributed by atoms with Gasteiger partial charge in [-0.25, -0.2) is 0 Å². The molecule has 1 heterocycles. The summed E-state index contributed by atoms with van der Waals surface area (Å²) in [5.41, 5.74) is 5.46. The van der Waals surface area contributed by atoms with Crippen LogP contribution in [0.1, 0.15) is 30.0 Å². The SMILES string of the molecule is C=C.C=C(CNCc1ccccc1)N1Cc2ccccc2CC1CC. The Bertz CT molecular complexity index is 663. The molecule has 2 aromatic rings. The fraction of sp³-hybridized carbons (Fsp3) is 0.304. The van der Waals surface area contributed by atoms with E-state index >= 15 is 0 Å². The normalized spacial score (nSPS) is 15.7. The van der Waals surface area contributed by atoms with Crippen molar-refractivity contribution in [3.8, 4) is 0 Å². The highest BCUT2D eigenvalue weighted by molar-refractivity contribution is 5.31. The van der Waals surface area contributed by atoms with Gasteiger partial charge in [-0.15, -0.1) is 13.2 Å². The molecule has 0 aliphatic carbocycles. The highest BCUT2D eigenvalue weighted by Gasteiger charge is 2.25. The summed E-state index contributed by atoms with van der Waals surface area (Å²) in [6, 6.07) is 19.9. The summed E-state index contributed by atoms with van der Waals surface area (Å²) in [6.45, 7) is 15.3. The second-order valence-electron chi connectivity index (χ2n) is 6.32. The largest absolute Gasteiger partial charge is 0.367 e. The Balaban J connectivity index is 0.00000109. The lowest BCUT2D eigenvalue weighted by molar-refractivity contribution is 0.214. The van der Waals surface area contributed by atoms with Crippen LogP contribution in [0.3, 0.4) is 0 Å². The number of nitrogens with zero attached hydrogens (tertiary/aromatic N) is 1. The number of hydrogen-bond donors (Lipinski definition) is 1. The molecule has 2 nitrogen and oxygen atoms in total. The Kier molecular flexibility index (Phi) is 7.49. The first-order chi connectivity index (χ1) is 12.3. The highest BCUT2D eigenvalue weighted by Crippen LogP contribution is 2.27. The Hall–Kier alpha value is -2.32. The van der Waals surface area contributed by atoms with Crippen LogP contribution in [0, 0.1) is 0 Å². The maximum absolute atomic E-state index is 4.34. The van der Waals surface area contributed by atoms with Gasteiger partial charge in [-0.05, 0) is 29.5 Å². The molecule has 0 bridgehead atoms. The second kappa shape index (κ2) is 9.85. The zero-order chi connectivity index (χ0) is 18.1. The quantitative estimate of drug-likeness (QED) is 0.754. The fourth-order valence-electron chi connectivity index (χ4n) is 3.37. The van der Waals surface area contributed by atoms with E-state index in [2.05, 4.69) is 91.5 Å². The van der Waals surface area contributed by atoms with Crippen LogP contribution in [0.15, 0.2) is 80.0 Å². The van der Waals surface area contributed by atoms with E-state index in [9.17, 15) is 0 Å². The molecule has 25 heavy (non-hydrogen) atoms. The van der Waals surface area contributed by atoms with Crippen LogP contribution < -0.4 is 5.32 Å². The van der Waals surface area contributed by atoms with E-state index in [0.717, 1.165) is 32.5 Å². The molecule has 1 atom stereocenters. The lowest BCUT2D eigenvalue weighted by Gasteiger charge is -2.39. The molecule has 2 aromatic carbocycles. The third kappa shape index (κ3) is 5.07. The lowest BCUT2D eigenvalue weighted by atomic mass is 9.92. The summed E-state index contributed by atoms with van der Waals surface area (Å²) >= 11 is 0. The van der Waals surface area contributed by atoms with E-state index in [1.54, 1.807) is 0 Å². The molecule has 132 valence electrons. The molecule has 1 aliphatic heterocycles. The minimum Gasteiger partial charge on any atom is -0.367 e. The van der Waals surface area contributed by atoms with Crippen molar-refractivity contribution >= 4 is 0 Å². The molecule has 0 fully saturated rings. The van der Waals surface area contributed by atoms with Crippen LogP contribution in [0.25, 0.3) is 0 Å². The maximum atomic E-state index is 4.34. The van der Waals surface area contributed by atoms with Gasteiger partial charge in [-0.1, -0.05) is 68.1 Å². The second-order valence-corrected chi connectivity index (χ2v) is 6.32. The summed E-state index contributed by atoms with van der Waals surface area (Å²) in [4.78, 5) is 2.49. The first kappa shape index (κ1) is 19.0. The number of hydrogen-bond acceptors (Lipinski definition) is 2. The monoisotopic (exact) mass is 334 g/mol. The van der Waals surface area contributed by atoms with Crippen LogP contribution in [-0.4, -0.2) is 17.5 Å². The molecular weight excluding hydrogens is 304 g/mol. The van der Waals surface area contributed by atoms with E-state index < -0.39 is 0 Å². The van der Waals surface area contributed by atoms with Gasteiger partial charge < -0.3 is 10.2 Å². The van der Waals surface area contributed by atoms with Crippen LogP contribution in [-0.2, 0) is 19.5 Å². The summed E-state index contributed by atoms with van der Waals surface area (Å²) in [5.74, 6) is 0. The average molecular weight is 335 g/mol. The molecule has 0 radical (unpaired) electrons. The minimum atomic E-state index is 0.566. The predicted octanol–water partition coefficient (Wildman–Crippen LogP) is 4.93. The van der Waals surface area contributed by atoms with Gasteiger partial charge in [0.15, 0.2) is 0 Å². The van der Waals surface area contributed by atoms with Gasteiger partial charge in [0, 0.05) is 31.4 Å². The summed E-state index contributed by atoms with van der Waals surface area (Å²) in [7, 11) is 0. The molecule has 1 N–H and O–H groups in total. The molecule has 0 saturated heterocycles. The first-order valence-electron chi connectivity index (χ1n) is 9.03. The number of benzene rings is 2. The van der Waals surface area contributed by atoms with Crippen molar-refractivity contribution in [1.82, 2.24) is 10.2 Å². The zero-order valence-electron chi connectivity index (χ0n) is 15.4. The standard InChI is InChI=1S/C21H26N2.C2H4/c1-3-21-13-19-11-7-8-12-20(19)16-23(21)17(2)14-22-15-18-9-5-4-6-10-18;1-2/h4-12,21-22H,2-3,13-16H2,1H3;1-2H2. The molecule has 0 amide bonds. The summed E-state index contributed by atoms with van der Waals surface area (Å²) in [6.07, 6.45) is 2.29. The van der Waals surface area contributed by atoms with Crippen LogP contribution in [0.4, 0.5) is 0 Å². The Morgan fingerprint density at radius 3 is 2.36 bits per heavy atom. The van der Waals surface area contributed by atoms with Crippen molar-refractivity contribution < 1.29 is 0 Å². The van der Waals surface area contributed by atoms with Gasteiger partial charge in [-0.2, -0.15) is 0 Å². The van der Waals surface area contributed by atoms with Crippen molar-refractivity contribution in [2.24, 2.45) is 0 Å². The minimum absolute atomic E-state index is 0.566. The number of rotatable bonds is 6. The van der Waals surface area contributed by atoms with E-state index in [0.29, 0.717) is 6.04 Å². The molecule has 1 aliphatic rings. The highest BCUT2D eigenvalue weighted by atomic mass is 15.2. The Labute approximate surface area is 152 Å². The molecule has 2 heteroatoms. The van der Waals surface area contributed by atoms with Gasteiger partial charge in [0.25, 0.3) is 0 Å². The molecule has 0 aromatic heterocycles. The average Bonchev–Trinajstić information content (AvgIpc) is 2.69. The third-order valence-corrected chi connectivity index (χ3v) is 4.73. The number of fused-ring (bicyclic) bond motifs is 1. The Morgan fingerprint density at radius 2 is 1.68 bits per heavy atom. The third-order valence-electron chi connectivity index (χ3n) is 4.73. The Morgan fingerprint density at radius 1 is 1.04 bits per heavy atom. The molecule has 3 rings (SSSR count). The van der Waals surface area contributed by atoms with Crippen molar-refractivity contribution in [3.63, 3.8) is 0 Å². The summed E-state index contributed by atoms with van der Waals surface area (Å²) < 4.78 is 0. The van der Waals surface area contributed by atoms with Crippen LogP contribution >= 0.6 is 0 Å². The fourth-order valence-corrected chi connectivity index (χ4v) is 3.37. The predicted molar refractivity (Wildman–Crippen MR) is 108 cm³/mol. The molecule has 1 unspecified atom stereocenters. The van der Waals surface area contributed by atoms with Crippen LogP contribution in [0.5, 0.6) is 0 Å². The lowest BCUT2D eigenvalue weighted by Crippen LogP contribution is -2.41. The van der Waals surface area contributed by atoms with Gasteiger partial charge in [0.2, 0.25) is 0 Å².